The molecule has 4 heterocycles. The minimum Gasteiger partial charge on any atom is -0.390 e. The number of nitrogens with zero attached hydrogens (tertiary/aromatic N) is 5. The third-order valence-corrected chi connectivity index (χ3v) is 9.34. The molecule has 5 rings (SSSR count). The molecule has 0 aliphatic carbocycles. The third kappa shape index (κ3) is 5.92. The Hall–Kier alpha value is -3.26. The normalized spacial score (nSPS) is 20.9. The van der Waals surface area contributed by atoms with Crippen molar-refractivity contribution in [3.8, 4) is 11.1 Å². The molecule has 2 atom stereocenters. The first kappa shape index (κ1) is 28.3. The third-order valence-electron chi connectivity index (χ3n) is 7.46. The Morgan fingerprint density at radius 1 is 0.950 bits per heavy atom. The summed E-state index contributed by atoms with van der Waals surface area (Å²) in [7, 11) is 0.268. The van der Waals surface area contributed by atoms with Crippen LogP contribution >= 0.6 is 0 Å². The van der Waals surface area contributed by atoms with E-state index in [0.29, 0.717) is 6.04 Å². The smallest absolute Gasteiger partial charge is 0.390 e. The van der Waals surface area contributed by atoms with E-state index in [1.807, 2.05) is 12.1 Å². The van der Waals surface area contributed by atoms with Crippen LogP contribution in [0.5, 0.6) is 0 Å². The highest BCUT2D eigenvalue weighted by Gasteiger charge is 2.35. The van der Waals surface area contributed by atoms with Crippen LogP contribution < -0.4 is 10.2 Å². The molecule has 214 valence electrons. The molecule has 0 radical (unpaired) electrons. The predicted molar refractivity (Wildman–Crippen MR) is 145 cm³/mol. The second-order valence-corrected chi connectivity index (χ2v) is 12.3. The van der Waals surface area contributed by atoms with Crippen LogP contribution in [0.3, 0.4) is 0 Å². The molecule has 13 heteroatoms. The molecule has 2 aliphatic rings. The van der Waals surface area contributed by atoms with Gasteiger partial charge in [-0.1, -0.05) is 12.1 Å². The van der Waals surface area contributed by atoms with Gasteiger partial charge in [0.05, 0.1) is 22.6 Å². The van der Waals surface area contributed by atoms with Crippen LogP contribution in [0.4, 0.5) is 24.8 Å². The minimum atomic E-state index is -4.49. The zero-order chi connectivity index (χ0) is 28.7. The number of halogens is 3. The van der Waals surface area contributed by atoms with Gasteiger partial charge in [0.15, 0.2) is 0 Å². The summed E-state index contributed by atoms with van der Waals surface area (Å²) in [5.74, 6) is 1.08. The van der Waals surface area contributed by atoms with E-state index in [2.05, 4.69) is 39.2 Å². The molecule has 0 saturated carbocycles. The van der Waals surface area contributed by atoms with E-state index in [-0.39, 0.29) is 30.2 Å². The number of piperidine rings is 1. The largest absolute Gasteiger partial charge is 0.417 e. The second-order valence-electron chi connectivity index (χ2n) is 10.4. The lowest BCUT2D eigenvalue weighted by Gasteiger charge is -2.43. The fraction of sp³-hybridized carbons (Fsp3) is 0.407. The fourth-order valence-electron chi connectivity index (χ4n) is 4.81. The number of rotatable bonds is 7. The summed E-state index contributed by atoms with van der Waals surface area (Å²) in [4.78, 5) is 12.8. The first-order chi connectivity index (χ1) is 18.9. The SMILES string of the molecule is CN(C)C1CN(c2ccc(-c3ccc(S(=O)(=O)N4CC[C@@H](Nc5ccc(C(F)(F)F)cn5)[C@@H](O)C4)cc3)cn2)C1. The van der Waals surface area contributed by atoms with Crippen molar-refractivity contribution in [2.75, 3.05) is 50.5 Å². The van der Waals surface area contributed by atoms with Gasteiger partial charge in [0.25, 0.3) is 0 Å². The van der Waals surface area contributed by atoms with Crippen LogP contribution in [0.1, 0.15) is 12.0 Å². The van der Waals surface area contributed by atoms with Crippen molar-refractivity contribution in [2.45, 2.75) is 35.7 Å². The van der Waals surface area contributed by atoms with Crippen molar-refractivity contribution >= 4 is 21.7 Å². The number of aliphatic hydroxyl groups excluding tert-OH is 1. The van der Waals surface area contributed by atoms with Crippen molar-refractivity contribution in [1.82, 2.24) is 19.2 Å². The van der Waals surface area contributed by atoms with Gasteiger partial charge in [-0.15, -0.1) is 0 Å². The zero-order valence-corrected chi connectivity index (χ0v) is 22.9. The van der Waals surface area contributed by atoms with Crippen molar-refractivity contribution in [2.24, 2.45) is 0 Å². The molecule has 2 aliphatic heterocycles. The van der Waals surface area contributed by atoms with Crippen molar-refractivity contribution in [1.29, 1.82) is 0 Å². The van der Waals surface area contributed by atoms with Gasteiger partial charge in [0, 0.05) is 50.2 Å². The van der Waals surface area contributed by atoms with Crippen molar-refractivity contribution in [3.63, 3.8) is 0 Å². The van der Waals surface area contributed by atoms with Crippen LogP contribution in [-0.2, 0) is 16.2 Å². The van der Waals surface area contributed by atoms with Gasteiger partial charge in [0.1, 0.15) is 11.6 Å². The van der Waals surface area contributed by atoms with E-state index >= 15 is 0 Å². The number of alkyl halides is 3. The Bertz CT molecular complexity index is 1410. The molecule has 2 fully saturated rings. The van der Waals surface area contributed by atoms with Crippen LogP contribution in [0.2, 0.25) is 0 Å². The standard InChI is InChI=1S/C27H31F3N6O3S/c1-34(2)21-15-35(16-21)26-10-5-19(13-32-26)18-3-7-22(8-4-18)40(38,39)36-12-11-23(24(37)17-36)33-25-9-6-20(14-31-25)27(28,29)30/h3-10,13-14,21,23-24,37H,11-12,15-17H2,1-2H3,(H,31,33)/t23-,24+/m1/s1. The Morgan fingerprint density at radius 2 is 1.65 bits per heavy atom. The molecule has 0 spiro atoms. The van der Waals surface area contributed by atoms with Crippen LogP contribution in [0.25, 0.3) is 11.1 Å². The van der Waals surface area contributed by atoms with E-state index < -0.39 is 33.9 Å². The van der Waals surface area contributed by atoms with E-state index in [9.17, 15) is 26.7 Å². The number of benzene rings is 1. The summed E-state index contributed by atoms with van der Waals surface area (Å²) < 4.78 is 66.0. The molecule has 2 N–H and O–H groups in total. The number of β-amino-alcohol motifs (C(OH)–C–C–N with tert-alkyl or cyclic N) is 1. The molecular formula is C27H31F3N6O3S. The number of sulfonamides is 1. The topological polar surface area (TPSA) is 102 Å². The average Bonchev–Trinajstić information content (AvgIpc) is 2.89. The lowest BCUT2D eigenvalue weighted by atomic mass is 10.0. The highest BCUT2D eigenvalue weighted by atomic mass is 32.2. The van der Waals surface area contributed by atoms with Gasteiger partial charge in [-0.05, 0) is 62.5 Å². The highest BCUT2D eigenvalue weighted by molar-refractivity contribution is 7.89. The summed E-state index contributed by atoms with van der Waals surface area (Å²) in [6.45, 7) is 1.84. The molecular weight excluding hydrogens is 545 g/mol. The van der Waals surface area contributed by atoms with Crippen LogP contribution in [0, 0.1) is 0 Å². The molecule has 0 amide bonds. The monoisotopic (exact) mass is 576 g/mol. The van der Waals surface area contributed by atoms with Gasteiger partial charge < -0.3 is 20.2 Å². The minimum absolute atomic E-state index is 0.110. The van der Waals surface area contributed by atoms with E-state index in [1.165, 1.54) is 10.4 Å². The number of hydrogen-bond acceptors (Lipinski definition) is 8. The summed E-state index contributed by atoms with van der Waals surface area (Å²) in [6.07, 6.45) is -2.81. The van der Waals surface area contributed by atoms with Gasteiger partial charge in [-0.3, -0.25) is 0 Å². The Kier molecular flexibility index (Phi) is 7.75. The second kappa shape index (κ2) is 11.0. The maximum atomic E-state index is 13.3. The summed E-state index contributed by atoms with van der Waals surface area (Å²) >= 11 is 0. The van der Waals surface area contributed by atoms with E-state index in [0.717, 1.165) is 42.3 Å². The molecule has 2 aromatic heterocycles. The van der Waals surface area contributed by atoms with Crippen LogP contribution in [0.15, 0.2) is 65.8 Å². The first-order valence-corrected chi connectivity index (χ1v) is 14.3. The van der Waals surface area contributed by atoms with Crippen LogP contribution in [-0.4, -0.2) is 91.2 Å². The first-order valence-electron chi connectivity index (χ1n) is 12.9. The number of aromatic nitrogens is 2. The van der Waals surface area contributed by atoms with Crippen molar-refractivity contribution in [3.05, 3.63) is 66.5 Å². The number of anilines is 2. The van der Waals surface area contributed by atoms with E-state index in [4.69, 9.17) is 0 Å². The highest BCUT2D eigenvalue weighted by Crippen LogP contribution is 2.30. The molecule has 0 unspecified atom stereocenters. The summed E-state index contributed by atoms with van der Waals surface area (Å²) in [5, 5.41) is 13.5. The lowest BCUT2D eigenvalue weighted by Crippen LogP contribution is -2.57. The molecule has 9 nitrogen and oxygen atoms in total. The van der Waals surface area contributed by atoms with Gasteiger partial charge in [0.2, 0.25) is 10.0 Å². The predicted octanol–water partition coefficient (Wildman–Crippen LogP) is 3.15. The summed E-state index contributed by atoms with van der Waals surface area (Å²) in [5.41, 5.74) is 0.833. The quantitative estimate of drug-likeness (QED) is 0.443. The fourth-order valence-corrected chi connectivity index (χ4v) is 6.28. The molecule has 2 saturated heterocycles. The maximum Gasteiger partial charge on any atom is 0.417 e. The van der Waals surface area contributed by atoms with Gasteiger partial charge in [-0.25, -0.2) is 18.4 Å². The number of likely N-dealkylation sites (N-methyl/N-ethyl adjacent to an activating group) is 1. The maximum absolute atomic E-state index is 13.3. The Balaban J connectivity index is 1.19. The molecule has 3 aromatic rings. The number of hydrogen-bond donors (Lipinski definition) is 2. The molecule has 0 bridgehead atoms. The summed E-state index contributed by atoms with van der Waals surface area (Å²) in [6, 6.07) is 12.5. The number of aliphatic hydroxyl groups is 1. The number of pyridine rings is 2. The Labute approximate surface area is 231 Å². The number of nitrogens with one attached hydrogen (secondary N) is 1. The van der Waals surface area contributed by atoms with Gasteiger partial charge in [-0.2, -0.15) is 17.5 Å². The molecule has 40 heavy (non-hydrogen) atoms. The van der Waals surface area contributed by atoms with E-state index in [1.54, 1.807) is 30.5 Å². The van der Waals surface area contributed by atoms with Crippen molar-refractivity contribution < 1.29 is 26.7 Å². The average molecular weight is 577 g/mol. The zero-order valence-electron chi connectivity index (χ0n) is 22.1. The van der Waals surface area contributed by atoms with Gasteiger partial charge >= 0.3 is 6.18 Å². The molecule has 1 aromatic carbocycles. The Morgan fingerprint density at radius 3 is 2.20 bits per heavy atom. The lowest BCUT2D eigenvalue weighted by molar-refractivity contribution is -0.137.